The Morgan fingerprint density at radius 1 is 1.40 bits per heavy atom. The van der Waals surface area contributed by atoms with Crippen LogP contribution in [-0.2, 0) is 0 Å². The molecule has 2 fully saturated rings. The Kier molecular flexibility index (Phi) is 4.35. The number of nitrogens with zero attached hydrogens (tertiary/aromatic N) is 1. The molecule has 2 heterocycles. The Hall–Kier alpha value is 0.270. The van der Waals surface area contributed by atoms with E-state index >= 15 is 0 Å². The second kappa shape index (κ2) is 5.55. The van der Waals surface area contributed by atoms with Crippen LogP contribution in [0.25, 0.3) is 0 Å². The lowest BCUT2D eigenvalue weighted by molar-refractivity contribution is 0.154. The van der Waals surface area contributed by atoms with Crippen LogP contribution in [0.5, 0.6) is 0 Å². The van der Waals surface area contributed by atoms with E-state index in [4.69, 9.17) is 0 Å². The van der Waals surface area contributed by atoms with E-state index in [1.165, 1.54) is 44.6 Å². The lowest BCUT2D eigenvalue weighted by Gasteiger charge is -2.33. The third-order valence-corrected chi connectivity index (χ3v) is 4.97. The maximum absolute atomic E-state index is 3.50. The van der Waals surface area contributed by atoms with Gasteiger partial charge in [0, 0.05) is 29.6 Å². The van der Waals surface area contributed by atoms with Gasteiger partial charge in [-0.2, -0.15) is 11.8 Å². The highest BCUT2D eigenvalue weighted by molar-refractivity contribution is 8.00. The molecule has 2 rings (SSSR count). The van der Waals surface area contributed by atoms with E-state index in [9.17, 15) is 0 Å². The Bertz CT molecular complexity index is 192. The molecular weight excluding hydrogens is 204 g/mol. The molecule has 2 nitrogen and oxygen atoms in total. The van der Waals surface area contributed by atoms with E-state index in [0.717, 1.165) is 17.3 Å². The smallest absolute Gasteiger partial charge is 0.0235 e. The normalized spacial score (nSPS) is 36.6. The van der Waals surface area contributed by atoms with Crippen molar-refractivity contribution < 1.29 is 0 Å². The van der Waals surface area contributed by atoms with Gasteiger partial charge in [-0.05, 0) is 32.4 Å². The second-order valence-electron chi connectivity index (χ2n) is 4.92. The highest BCUT2D eigenvalue weighted by atomic mass is 32.2. The molecule has 0 radical (unpaired) electrons. The molecule has 3 atom stereocenters. The molecule has 1 N–H and O–H groups in total. The first-order chi connectivity index (χ1) is 7.31. The van der Waals surface area contributed by atoms with E-state index in [1.54, 1.807) is 0 Å². The standard InChI is InChI=1S/C12H24N2S/c1-3-6-14(11-4-5-13-8-11)12-7-10(2)15-9-12/h10-13H,3-9H2,1-2H3. The summed E-state index contributed by atoms with van der Waals surface area (Å²) < 4.78 is 0. The van der Waals surface area contributed by atoms with Gasteiger partial charge in [-0.25, -0.2) is 0 Å². The molecule has 2 saturated heterocycles. The van der Waals surface area contributed by atoms with Gasteiger partial charge in [-0.1, -0.05) is 13.8 Å². The average Bonchev–Trinajstić information content (AvgIpc) is 2.85. The van der Waals surface area contributed by atoms with Crippen LogP contribution in [0.1, 0.15) is 33.1 Å². The van der Waals surface area contributed by atoms with Gasteiger partial charge in [-0.15, -0.1) is 0 Å². The maximum atomic E-state index is 3.50. The van der Waals surface area contributed by atoms with Gasteiger partial charge < -0.3 is 5.32 Å². The molecule has 0 amide bonds. The topological polar surface area (TPSA) is 15.3 Å². The van der Waals surface area contributed by atoms with E-state index in [2.05, 4.69) is 35.8 Å². The van der Waals surface area contributed by atoms with Crippen LogP contribution in [-0.4, -0.2) is 47.6 Å². The van der Waals surface area contributed by atoms with Gasteiger partial charge in [0.15, 0.2) is 0 Å². The highest BCUT2D eigenvalue weighted by Crippen LogP contribution is 2.31. The molecule has 0 spiro atoms. The molecular formula is C12H24N2S. The third kappa shape index (κ3) is 2.89. The minimum Gasteiger partial charge on any atom is -0.315 e. The molecule has 15 heavy (non-hydrogen) atoms. The predicted octanol–water partition coefficient (Wildman–Crippen LogP) is 1.95. The van der Waals surface area contributed by atoms with Crippen molar-refractivity contribution in [2.75, 3.05) is 25.4 Å². The van der Waals surface area contributed by atoms with Crippen LogP contribution in [0.4, 0.5) is 0 Å². The van der Waals surface area contributed by atoms with Gasteiger partial charge in [0.2, 0.25) is 0 Å². The molecule has 2 aliphatic rings. The van der Waals surface area contributed by atoms with Crippen LogP contribution >= 0.6 is 11.8 Å². The van der Waals surface area contributed by atoms with E-state index in [0.29, 0.717) is 0 Å². The first-order valence-electron chi connectivity index (χ1n) is 6.39. The first kappa shape index (κ1) is 11.7. The van der Waals surface area contributed by atoms with Gasteiger partial charge in [-0.3, -0.25) is 4.90 Å². The van der Waals surface area contributed by atoms with Crippen molar-refractivity contribution in [2.24, 2.45) is 0 Å². The maximum Gasteiger partial charge on any atom is 0.0235 e. The summed E-state index contributed by atoms with van der Waals surface area (Å²) in [5, 5.41) is 4.38. The van der Waals surface area contributed by atoms with Crippen molar-refractivity contribution in [3.8, 4) is 0 Å². The number of rotatable bonds is 4. The molecule has 0 aromatic heterocycles. The van der Waals surface area contributed by atoms with E-state index < -0.39 is 0 Å². The molecule has 3 unspecified atom stereocenters. The first-order valence-corrected chi connectivity index (χ1v) is 7.44. The molecule has 2 aliphatic heterocycles. The van der Waals surface area contributed by atoms with Gasteiger partial charge in [0.1, 0.15) is 0 Å². The number of thioether (sulfide) groups is 1. The molecule has 0 saturated carbocycles. The van der Waals surface area contributed by atoms with Gasteiger partial charge >= 0.3 is 0 Å². The van der Waals surface area contributed by atoms with Crippen LogP contribution in [0.15, 0.2) is 0 Å². The minimum absolute atomic E-state index is 0.820. The lowest BCUT2D eigenvalue weighted by atomic mass is 10.1. The summed E-state index contributed by atoms with van der Waals surface area (Å²) in [6.07, 6.45) is 4.06. The Balaban J connectivity index is 1.92. The van der Waals surface area contributed by atoms with Crippen LogP contribution in [0.3, 0.4) is 0 Å². The van der Waals surface area contributed by atoms with Gasteiger partial charge in [0.25, 0.3) is 0 Å². The zero-order chi connectivity index (χ0) is 10.7. The molecule has 3 heteroatoms. The van der Waals surface area contributed by atoms with Crippen molar-refractivity contribution in [2.45, 2.75) is 50.4 Å². The van der Waals surface area contributed by atoms with Crippen molar-refractivity contribution in [3.63, 3.8) is 0 Å². The Morgan fingerprint density at radius 2 is 2.27 bits per heavy atom. The van der Waals surface area contributed by atoms with Crippen LogP contribution < -0.4 is 5.32 Å². The molecule has 88 valence electrons. The SMILES string of the molecule is CCCN(C1CCNC1)C1CSC(C)C1. The van der Waals surface area contributed by atoms with Crippen LogP contribution in [0.2, 0.25) is 0 Å². The second-order valence-corrected chi connectivity index (χ2v) is 6.39. The molecule has 0 aromatic rings. The summed E-state index contributed by atoms with van der Waals surface area (Å²) >= 11 is 2.16. The Labute approximate surface area is 98.2 Å². The summed E-state index contributed by atoms with van der Waals surface area (Å²) in [6, 6.07) is 1.68. The lowest BCUT2D eigenvalue weighted by Crippen LogP contribution is -2.45. The number of nitrogens with one attached hydrogen (secondary N) is 1. The average molecular weight is 228 g/mol. The fraction of sp³-hybridized carbons (Fsp3) is 1.00. The number of hydrogen-bond acceptors (Lipinski definition) is 3. The van der Waals surface area contributed by atoms with Crippen molar-refractivity contribution in [1.82, 2.24) is 10.2 Å². The summed E-state index contributed by atoms with van der Waals surface area (Å²) in [7, 11) is 0. The summed E-state index contributed by atoms with van der Waals surface area (Å²) in [6.45, 7) is 8.42. The zero-order valence-corrected chi connectivity index (χ0v) is 10.9. The largest absolute Gasteiger partial charge is 0.315 e. The van der Waals surface area contributed by atoms with E-state index in [1.807, 2.05) is 0 Å². The molecule has 0 aromatic carbocycles. The van der Waals surface area contributed by atoms with Crippen LogP contribution in [0, 0.1) is 0 Å². The highest BCUT2D eigenvalue weighted by Gasteiger charge is 2.32. The summed E-state index contributed by atoms with van der Waals surface area (Å²) in [4.78, 5) is 2.79. The molecule has 0 bridgehead atoms. The summed E-state index contributed by atoms with van der Waals surface area (Å²) in [5.74, 6) is 1.36. The molecule has 0 aliphatic carbocycles. The number of hydrogen-bond donors (Lipinski definition) is 1. The summed E-state index contributed by atoms with van der Waals surface area (Å²) in [5.41, 5.74) is 0. The fourth-order valence-corrected chi connectivity index (χ4v) is 4.11. The van der Waals surface area contributed by atoms with Crippen molar-refractivity contribution >= 4 is 11.8 Å². The van der Waals surface area contributed by atoms with Gasteiger partial charge in [0.05, 0.1) is 0 Å². The van der Waals surface area contributed by atoms with Crippen molar-refractivity contribution in [3.05, 3.63) is 0 Å². The monoisotopic (exact) mass is 228 g/mol. The van der Waals surface area contributed by atoms with Crippen molar-refractivity contribution in [1.29, 1.82) is 0 Å². The zero-order valence-electron chi connectivity index (χ0n) is 10.0. The Morgan fingerprint density at radius 3 is 2.80 bits per heavy atom. The minimum atomic E-state index is 0.820. The van der Waals surface area contributed by atoms with E-state index in [-0.39, 0.29) is 0 Å². The fourth-order valence-electron chi connectivity index (χ4n) is 2.87. The quantitative estimate of drug-likeness (QED) is 0.792. The third-order valence-electron chi connectivity index (χ3n) is 3.63. The predicted molar refractivity (Wildman–Crippen MR) is 68.6 cm³/mol.